The first-order valence-corrected chi connectivity index (χ1v) is 9.73. The van der Waals surface area contributed by atoms with E-state index >= 15 is 0 Å². The highest BCUT2D eigenvalue weighted by molar-refractivity contribution is 5.92. The molecule has 1 aliphatic rings. The van der Waals surface area contributed by atoms with Gasteiger partial charge in [-0.15, -0.1) is 0 Å². The van der Waals surface area contributed by atoms with Crippen molar-refractivity contribution in [2.75, 3.05) is 0 Å². The molecule has 0 bridgehead atoms. The zero-order chi connectivity index (χ0) is 19.7. The molecule has 2 aromatic carbocycles. The smallest absolute Gasteiger partial charge is 0.142 e. The fourth-order valence-corrected chi connectivity index (χ4v) is 4.49. The van der Waals surface area contributed by atoms with Crippen molar-refractivity contribution in [3.8, 4) is 22.4 Å². The van der Waals surface area contributed by atoms with Crippen molar-refractivity contribution in [1.82, 2.24) is 4.57 Å². The predicted molar refractivity (Wildman–Crippen MR) is 113 cm³/mol. The first-order valence-electron chi connectivity index (χ1n) is 9.73. The second-order valence-corrected chi connectivity index (χ2v) is 7.99. The minimum Gasteiger partial charge on any atom is -0.343 e. The third-order valence-corrected chi connectivity index (χ3v) is 5.65. The van der Waals surface area contributed by atoms with Crippen LogP contribution in [0.5, 0.6) is 0 Å². The van der Waals surface area contributed by atoms with E-state index in [1.54, 1.807) is 6.08 Å². The summed E-state index contributed by atoms with van der Waals surface area (Å²) in [6.07, 6.45) is 6.49. The van der Waals surface area contributed by atoms with Gasteiger partial charge in [0.25, 0.3) is 0 Å². The van der Waals surface area contributed by atoms with Crippen LogP contribution in [-0.2, 0) is 16.8 Å². The molecule has 2 nitrogen and oxygen atoms in total. The highest BCUT2D eigenvalue weighted by Gasteiger charge is 2.35. The predicted octanol–water partition coefficient (Wildman–Crippen LogP) is 6.24. The van der Waals surface area contributed by atoms with Crippen molar-refractivity contribution in [1.29, 1.82) is 0 Å². The van der Waals surface area contributed by atoms with E-state index in [-0.39, 0.29) is 11.2 Å². The molecule has 0 amide bonds. The quantitative estimate of drug-likeness (QED) is 0.392. The van der Waals surface area contributed by atoms with Gasteiger partial charge in [0.05, 0.1) is 5.69 Å². The molecule has 0 spiro atoms. The number of benzene rings is 2. The van der Waals surface area contributed by atoms with Gasteiger partial charge in [-0.1, -0.05) is 56.3 Å². The van der Waals surface area contributed by atoms with Gasteiger partial charge < -0.3 is 4.57 Å². The number of rotatable bonds is 4. The molecule has 1 aliphatic heterocycles. The highest BCUT2D eigenvalue weighted by Crippen LogP contribution is 2.47. The van der Waals surface area contributed by atoms with Gasteiger partial charge in [-0.3, -0.25) is 4.79 Å². The molecule has 0 atom stereocenters. The lowest BCUT2D eigenvalue weighted by Crippen LogP contribution is -2.28. The van der Waals surface area contributed by atoms with Crippen LogP contribution in [0.1, 0.15) is 37.9 Å². The van der Waals surface area contributed by atoms with Crippen molar-refractivity contribution in [3.05, 3.63) is 77.7 Å². The van der Waals surface area contributed by atoms with Crippen LogP contribution < -0.4 is 0 Å². The summed E-state index contributed by atoms with van der Waals surface area (Å²) in [5.74, 6) is -0.251. The molecule has 0 unspecified atom stereocenters. The van der Waals surface area contributed by atoms with Crippen LogP contribution in [0, 0.1) is 5.82 Å². The molecule has 2 heterocycles. The van der Waals surface area contributed by atoms with Crippen LogP contribution in [0.3, 0.4) is 0 Å². The van der Waals surface area contributed by atoms with Crippen molar-refractivity contribution in [2.45, 2.75) is 38.6 Å². The normalized spacial score (nSPS) is 15.5. The van der Waals surface area contributed by atoms with Crippen molar-refractivity contribution in [3.63, 3.8) is 0 Å². The molecule has 0 fully saturated rings. The molecule has 142 valence electrons. The maximum absolute atomic E-state index is 13.6. The topological polar surface area (TPSA) is 22.0 Å². The fraction of sp³-hybridized carbons (Fsp3) is 0.240. The van der Waals surface area contributed by atoms with Gasteiger partial charge in [0.2, 0.25) is 0 Å². The molecular formula is C25H24FNO. The SMILES string of the molecule is CC1(C)CCCn2c(-c3ccccc3)c(-c3ccc(F)cc3)c(/C=C/C=O)c21. The van der Waals surface area contributed by atoms with Crippen LogP contribution in [0.2, 0.25) is 0 Å². The van der Waals surface area contributed by atoms with Crippen LogP contribution in [0.4, 0.5) is 4.39 Å². The van der Waals surface area contributed by atoms with E-state index in [1.807, 2.05) is 36.4 Å². The number of hydrogen-bond acceptors (Lipinski definition) is 1. The molecule has 4 rings (SSSR count). The van der Waals surface area contributed by atoms with E-state index < -0.39 is 0 Å². The van der Waals surface area contributed by atoms with Gasteiger partial charge in [0, 0.05) is 28.8 Å². The lowest BCUT2D eigenvalue weighted by Gasteiger charge is -2.33. The number of allylic oxidation sites excluding steroid dienone is 1. The number of nitrogens with zero attached hydrogens (tertiary/aromatic N) is 1. The van der Waals surface area contributed by atoms with Gasteiger partial charge in [-0.2, -0.15) is 0 Å². The summed E-state index contributed by atoms with van der Waals surface area (Å²) in [6.45, 7) is 5.46. The maximum atomic E-state index is 13.6. The molecule has 0 saturated carbocycles. The summed E-state index contributed by atoms with van der Waals surface area (Å²) < 4.78 is 16.0. The van der Waals surface area contributed by atoms with Crippen molar-refractivity contribution >= 4 is 12.4 Å². The molecule has 28 heavy (non-hydrogen) atoms. The second kappa shape index (κ2) is 7.23. The van der Waals surface area contributed by atoms with E-state index in [9.17, 15) is 9.18 Å². The third-order valence-electron chi connectivity index (χ3n) is 5.65. The fourth-order valence-electron chi connectivity index (χ4n) is 4.49. The number of aromatic nitrogens is 1. The average Bonchev–Trinajstić information content (AvgIpc) is 3.03. The molecule has 0 radical (unpaired) electrons. The number of hydrogen-bond donors (Lipinski definition) is 0. The summed E-state index contributed by atoms with van der Waals surface area (Å²) >= 11 is 0. The summed E-state index contributed by atoms with van der Waals surface area (Å²) in [5, 5.41) is 0. The first kappa shape index (κ1) is 18.4. The van der Waals surface area contributed by atoms with Gasteiger partial charge in [-0.05, 0) is 48.3 Å². The molecule has 0 aliphatic carbocycles. The summed E-state index contributed by atoms with van der Waals surface area (Å²) in [5.41, 5.74) is 6.59. The largest absolute Gasteiger partial charge is 0.343 e. The number of carbonyl (C=O) groups excluding carboxylic acids is 1. The van der Waals surface area contributed by atoms with Gasteiger partial charge >= 0.3 is 0 Å². The molecule has 0 N–H and O–H groups in total. The molecule has 1 aromatic heterocycles. The van der Waals surface area contributed by atoms with Crippen LogP contribution >= 0.6 is 0 Å². The Morgan fingerprint density at radius 1 is 1.00 bits per heavy atom. The molecule has 3 heteroatoms. The minimum absolute atomic E-state index is 0.0113. The third kappa shape index (κ3) is 3.11. The van der Waals surface area contributed by atoms with Gasteiger partial charge in [0.15, 0.2) is 0 Å². The Labute approximate surface area is 165 Å². The first-order chi connectivity index (χ1) is 13.5. The number of aldehydes is 1. The lowest BCUT2D eigenvalue weighted by molar-refractivity contribution is -0.104. The Kier molecular flexibility index (Phi) is 4.76. The van der Waals surface area contributed by atoms with Crippen LogP contribution in [0.15, 0.2) is 60.7 Å². The lowest BCUT2D eigenvalue weighted by atomic mass is 9.79. The van der Waals surface area contributed by atoms with Crippen LogP contribution in [-0.4, -0.2) is 10.9 Å². The number of fused-ring (bicyclic) bond motifs is 1. The zero-order valence-electron chi connectivity index (χ0n) is 16.3. The summed E-state index contributed by atoms with van der Waals surface area (Å²) in [6, 6.07) is 17.0. The van der Waals surface area contributed by atoms with E-state index in [4.69, 9.17) is 0 Å². The van der Waals surface area contributed by atoms with E-state index in [2.05, 4.69) is 30.5 Å². The maximum Gasteiger partial charge on any atom is 0.142 e. The highest BCUT2D eigenvalue weighted by atomic mass is 19.1. The molecule has 3 aromatic rings. The zero-order valence-corrected chi connectivity index (χ0v) is 16.3. The van der Waals surface area contributed by atoms with E-state index in [0.29, 0.717) is 0 Å². The Hall–Kier alpha value is -2.94. The van der Waals surface area contributed by atoms with Crippen molar-refractivity contribution in [2.24, 2.45) is 0 Å². The van der Waals surface area contributed by atoms with Gasteiger partial charge in [-0.25, -0.2) is 4.39 Å². The summed E-state index contributed by atoms with van der Waals surface area (Å²) in [7, 11) is 0. The van der Waals surface area contributed by atoms with Crippen LogP contribution in [0.25, 0.3) is 28.5 Å². The Bertz CT molecular complexity index is 1030. The minimum atomic E-state index is -0.251. The molecular weight excluding hydrogens is 349 g/mol. The Morgan fingerprint density at radius 3 is 2.39 bits per heavy atom. The Balaban J connectivity index is 2.12. The second-order valence-electron chi connectivity index (χ2n) is 7.99. The summed E-state index contributed by atoms with van der Waals surface area (Å²) in [4.78, 5) is 11.1. The number of carbonyl (C=O) groups is 1. The standard InChI is InChI=1S/C25H24FNO/c1-25(2)15-7-16-27-23(19-8-4-3-5-9-19)22(18-11-13-20(26)14-12-18)21(24(25)27)10-6-17-28/h3-6,8-14,17H,7,15-16H2,1-2H3/b10-6+. The number of halogens is 1. The average molecular weight is 373 g/mol. The van der Waals surface area contributed by atoms with Crippen molar-refractivity contribution < 1.29 is 9.18 Å². The van der Waals surface area contributed by atoms with E-state index in [0.717, 1.165) is 53.6 Å². The molecule has 0 saturated heterocycles. The Morgan fingerprint density at radius 2 is 1.71 bits per heavy atom. The van der Waals surface area contributed by atoms with E-state index in [1.165, 1.54) is 17.8 Å². The van der Waals surface area contributed by atoms with Gasteiger partial charge in [0.1, 0.15) is 12.1 Å². The monoisotopic (exact) mass is 373 g/mol.